The van der Waals surface area contributed by atoms with E-state index in [0.29, 0.717) is 5.89 Å². The van der Waals surface area contributed by atoms with Gasteiger partial charge in [0.15, 0.2) is 5.82 Å². The van der Waals surface area contributed by atoms with Gasteiger partial charge in [0.2, 0.25) is 5.89 Å². The molecule has 0 bridgehead atoms. The molecule has 4 nitrogen and oxygen atoms in total. The van der Waals surface area contributed by atoms with Crippen LogP contribution in [-0.2, 0) is 12.2 Å². The molecule has 2 rings (SSSR count). The monoisotopic (exact) mass is 305 g/mol. The van der Waals surface area contributed by atoms with E-state index in [1.807, 2.05) is 11.8 Å². The van der Waals surface area contributed by atoms with Crippen LogP contribution in [0.15, 0.2) is 28.8 Å². The fourth-order valence-electron chi connectivity index (χ4n) is 1.72. The van der Waals surface area contributed by atoms with E-state index in [1.165, 1.54) is 5.56 Å². The van der Waals surface area contributed by atoms with Gasteiger partial charge in [-0.25, -0.2) is 0 Å². The first-order chi connectivity index (χ1) is 9.92. The Balaban J connectivity index is 1.76. The predicted octanol–water partition coefficient (Wildman–Crippen LogP) is 4.06. The molecule has 0 spiro atoms. The maximum atomic E-state index is 5.27. The third kappa shape index (κ3) is 5.79. The molecule has 0 fully saturated rings. The van der Waals surface area contributed by atoms with Gasteiger partial charge in [-0.3, -0.25) is 0 Å². The molecule has 1 N–H and O–H groups in total. The third-order valence-corrected chi connectivity index (χ3v) is 4.13. The Kier molecular flexibility index (Phi) is 5.28. The lowest BCUT2D eigenvalue weighted by atomic mass is 10.2. The second-order valence-corrected chi connectivity index (χ2v) is 7.85. The Morgan fingerprint density at radius 3 is 2.57 bits per heavy atom. The van der Waals surface area contributed by atoms with Crippen molar-refractivity contribution in [2.45, 2.75) is 44.6 Å². The van der Waals surface area contributed by atoms with Gasteiger partial charge in [0.25, 0.3) is 0 Å². The average Bonchev–Trinajstić information content (AvgIpc) is 2.86. The first-order valence-electron chi connectivity index (χ1n) is 7.18. The molecular formula is C16H23N3OS. The minimum atomic E-state index is 0.216. The number of benzene rings is 1. The number of hydrogen-bond donors (Lipinski definition) is 1. The minimum absolute atomic E-state index is 0.216. The predicted molar refractivity (Wildman–Crippen MR) is 88.7 cm³/mol. The molecule has 21 heavy (non-hydrogen) atoms. The fraction of sp³-hybridized carbons (Fsp3) is 0.500. The summed E-state index contributed by atoms with van der Waals surface area (Å²) in [5.74, 6) is 2.26. The van der Waals surface area contributed by atoms with Gasteiger partial charge < -0.3 is 9.84 Å². The summed E-state index contributed by atoms with van der Waals surface area (Å²) in [5, 5.41) is 7.37. The first kappa shape index (κ1) is 15.9. The molecule has 0 aliphatic rings. The zero-order chi connectivity index (χ0) is 15.3. The summed E-state index contributed by atoms with van der Waals surface area (Å²) in [6.07, 6.45) is 0.737. The topological polar surface area (TPSA) is 51.0 Å². The first-order valence-corrected chi connectivity index (χ1v) is 8.17. The second kappa shape index (κ2) is 6.98. The van der Waals surface area contributed by atoms with E-state index in [1.54, 1.807) is 0 Å². The Labute approximate surface area is 130 Å². The molecule has 0 radical (unpaired) electrons. The van der Waals surface area contributed by atoms with E-state index in [9.17, 15) is 0 Å². The molecule has 2 aromatic rings. The van der Waals surface area contributed by atoms with Gasteiger partial charge in [-0.1, -0.05) is 43.6 Å². The van der Waals surface area contributed by atoms with E-state index >= 15 is 0 Å². The Morgan fingerprint density at radius 1 is 1.19 bits per heavy atom. The fourth-order valence-corrected chi connectivity index (χ4v) is 2.40. The molecule has 0 saturated carbocycles. The number of thioether (sulfide) groups is 1. The van der Waals surface area contributed by atoms with E-state index in [-0.39, 0.29) is 4.75 Å². The van der Waals surface area contributed by atoms with Gasteiger partial charge >= 0.3 is 0 Å². The van der Waals surface area contributed by atoms with Gasteiger partial charge in [-0.05, 0) is 19.1 Å². The van der Waals surface area contributed by atoms with Gasteiger partial charge in [-0.15, -0.1) is 11.8 Å². The van der Waals surface area contributed by atoms with Crippen LogP contribution in [0.3, 0.4) is 0 Å². The highest BCUT2D eigenvalue weighted by atomic mass is 32.2. The molecule has 1 aromatic heterocycles. The van der Waals surface area contributed by atoms with Crippen molar-refractivity contribution in [3.8, 4) is 0 Å². The number of nitrogens with one attached hydrogen (secondary N) is 1. The molecule has 1 heterocycles. The Morgan fingerprint density at radius 2 is 1.90 bits per heavy atom. The molecule has 1 aromatic carbocycles. The maximum Gasteiger partial charge on any atom is 0.228 e. The van der Waals surface area contributed by atoms with Crippen LogP contribution in [-0.4, -0.2) is 21.4 Å². The average molecular weight is 305 g/mol. The van der Waals surface area contributed by atoms with E-state index in [4.69, 9.17) is 4.52 Å². The van der Waals surface area contributed by atoms with Gasteiger partial charge in [0, 0.05) is 23.4 Å². The van der Waals surface area contributed by atoms with Gasteiger partial charge in [-0.2, -0.15) is 4.98 Å². The van der Waals surface area contributed by atoms with Gasteiger partial charge in [0.05, 0.1) is 5.75 Å². The molecule has 0 unspecified atom stereocenters. The zero-order valence-corrected chi connectivity index (χ0v) is 14.0. The van der Waals surface area contributed by atoms with Crippen molar-refractivity contribution >= 4 is 17.4 Å². The largest absolute Gasteiger partial charge is 0.385 e. The van der Waals surface area contributed by atoms with Crippen molar-refractivity contribution in [3.63, 3.8) is 0 Å². The normalized spacial score (nSPS) is 11.6. The van der Waals surface area contributed by atoms with Crippen molar-refractivity contribution in [3.05, 3.63) is 41.5 Å². The molecule has 5 heteroatoms. The summed E-state index contributed by atoms with van der Waals surface area (Å²) in [5.41, 5.74) is 2.38. The molecule has 0 aliphatic carbocycles. The van der Waals surface area contributed by atoms with Crippen molar-refractivity contribution in [2.75, 3.05) is 11.9 Å². The molecular weight excluding hydrogens is 282 g/mol. The van der Waals surface area contributed by atoms with Crippen LogP contribution in [0, 0.1) is 6.92 Å². The van der Waals surface area contributed by atoms with Crippen LogP contribution < -0.4 is 5.32 Å². The Bertz CT molecular complexity index is 558. The highest BCUT2D eigenvalue weighted by Crippen LogP contribution is 2.26. The number of aromatic nitrogens is 2. The SMILES string of the molecule is Cc1ccc(NCCc2nc(CSC(C)(C)C)no2)cc1. The molecule has 114 valence electrons. The highest BCUT2D eigenvalue weighted by molar-refractivity contribution is 7.99. The van der Waals surface area contributed by atoms with Crippen molar-refractivity contribution < 1.29 is 4.52 Å². The smallest absolute Gasteiger partial charge is 0.228 e. The summed E-state index contributed by atoms with van der Waals surface area (Å²) in [7, 11) is 0. The van der Waals surface area contributed by atoms with Crippen LogP contribution in [0.1, 0.15) is 38.0 Å². The van der Waals surface area contributed by atoms with Crippen LogP contribution in [0.4, 0.5) is 5.69 Å². The lowest BCUT2D eigenvalue weighted by Gasteiger charge is -2.15. The van der Waals surface area contributed by atoms with Crippen molar-refractivity contribution in [1.29, 1.82) is 0 Å². The van der Waals surface area contributed by atoms with Crippen LogP contribution >= 0.6 is 11.8 Å². The number of hydrogen-bond acceptors (Lipinski definition) is 5. The van der Waals surface area contributed by atoms with Crippen LogP contribution in [0.2, 0.25) is 0 Å². The highest BCUT2D eigenvalue weighted by Gasteiger charge is 2.13. The second-order valence-electron chi connectivity index (χ2n) is 6.05. The third-order valence-electron chi connectivity index (χ3n) is 2.86. The molecule has 0 saturated heterocycles. The van der Waals surface area contributed by atoms with E-state index < -0.39 is 0 Å². The number of aryl methyl sites for hydroxylation is 1. The number of rotatable bonds is 6. The summed E-state index contributed by atoms with van der Waals surface area (Å²) < 4.78 is 5.49. The quantitative estimate of drug-likeness (QED) is 0.872. The summed E-state index contributed by atoms with van der Waals surface area (Å²) in [4.78, 5) is 4.42. The molecule has 0 amide bonds. The molecule has 0 atom stereocenters. The van der Waals surface area contributed by atoms with Crippen LogP contribution in [0.25, 0.3) is 0 Å². The maximum absolute atomic E-state index is 5.27. The number of anilines is 1. The van der Waals surface area contributed by atoms with Crippen molar-refractivity contribution in [1.82, 2.24) is 10.1 Å². The van der Waals surface area contributed by atoms with Crippen molar-refractivity contribution in [2.24, 2.45) is 0 Å². The Hall–Kier alpha value is -1.49. The number of nitrogens with zero attached hydrogens (tertiary/aromatic N) is 2. The summed E-state index contributed by atoms with van der Waals surface area (Å²) in [6, 6.07) is 8.34. The minimum Gasteiger partial charge on any atom is -0.385 e. The summed E-state index contributed by atoms with van der Waals surface area (Å²) in [6.45, 7) is 9.43. The lowest BCUT2D eigenvalue weighted by molar-refractivity contribution is 0.376. The standard InChI is InChI=1S/C16H23N3OS/c1-12-5-7-13(8-6-12)17-10-9-15-18-14(19-20-15)11-21-16(2,3)4/h5-8,17H,9-11H2,1-4H3. The van der Waals surface area contributed by atoms with Crippen LogP contribution in [0.5, 0.6) is 0 Å². The lowest BCUT2D eigenvalue weighted by Crippen LogP contribution is -2.08. The van der Waals surface area contributed by atoms with E-state index in [0.717, 1.165) is 30.2 Å². The zero-order valence-electron chi connectivity index (χ0n) is 13.1. The summed E-state index contributed by atoms with van der Waals surface area (Å²) >= 11 is 1.82. The van der Waals surface area contributed by atoms with E-state index in [2.05, 4.69) is 67.4 Å². The van der Waals surface area contributed by atoms with Gasteiger partial charge in [0.1, 0.15) is 0 Å². The molecule has 0 aliphatic heterocycles.